The van der Waals surface area contributed by atoms with E-state index in [0.29, 0.717) is 0 Å². The SMILES string of the molecule is CCNC(=NCCCCN1CCN(CC)CC1)N1CCN(c2cccc(OC)c2)CC1.I. The Balaban J connectivity index is 0.00000363. The van der Waals surface area contributed by atoms with Gasteiger partial charge in [0.2, 0.25) is 0 Å². The van der Waals surface area contributed by atoms with Crippen molar-refractivity contribution in [2.24, 2.45) is 4.99 Å². The average molecular weight is 559 g/mol. The minimum Gasteiger partial charge on any atom is -0.497 e. The van der Waals surface area contributed by atoms with Crippen molar-refractivity contribution in [3.63, 3.8) is 0 Å². The number of methoxy groups -OCH3 is 1. The van der Waals surface area contributed by atoms with E-state index in [2.05, 4.69) is 57.0 Å². The second-order valence-corrected chi connectivity index (χ2v) is 8.39. The molecule has 7 nitrogen and oxygen atoms in total. The molecule has 8 heteroatoms. The average Bonchev–Trinajstić information content (AvgIpc) is 2.83. The van der Waals surface area contributed by atoms with Crippen LogP contribution in [0.2, 0.25) is 0 Å². The minimum absolute atomic E-state index is 0. The zero-order valence-corrected chi connectivity index (χ0v) is 22.6. The summed E-state index contributed by atoms with van der Waals surface area (Å²) in [6.45, 7) is 17.5. The Hall–Kier alpha value is -1.26. The molecule has 0 amide bonds. The maximum Gasteiger partial charge on any atom is 0.194 e. The largest absolute Gasteiger partial charge is 0.497 e. The summed E-state index contributed by atoms with van der Waals surface area (Å²) in [6, 6.07) is 8.35. The number of rotatable bonds is 9. The first kappa shape index (κ1) is 27.0. The highest BCUT2D eigenvalue weighted by Crippen LogP contribution is 2.22. The molecule has 0 aromatic heterocycles. The number of ether oxygens (including phenoxy) is 1. The van der Waals surface area contributed by atoms with Crippen molar-refractivity contribution in [3.05, 3.63) is 24.3 Å². The van der Waals surface area contributed by atoms with Gasteiger partial charge in [0.15, 0.2) is 5.96 Å². The van der Waals surface area contributed by atoms with E-state index >= 15 is 0 Å². The quantitative estimate of drug-likeness (QED) is 0.218. The standard InChI is InChI=1S/C24H42N6O.HI/c1-4-25-24(26-11-6-7-12-28-15-13-27(5-2)14-16-28)30-19-17-29(18-20-30)22-9-8-10-23(21-22)31-3;/h8-10,21H,4-7,11-20H2,1-3H3,(H,25,26);1H. The molecule has 0 unspecified atom stereocenters. The number of guanidine groups is 1. The molecule has 2 fully saturated rings. The van der Waals surface area contributed by atoms with Gasteiger partial charge in [-0.25, -0.2) is 0 Å². The van der Waals surface area contributed by atoms with E-state index in [0.717, 1.165) is 57.4 Å². The number of benzene rings is 1. The van der Waals surface area contributed by atoms with Crippen LogP contribution in [0.15, 0.2) is 29.3 Å². The highest BCUT2D eigenvalue weighted by Gasteiger charge is 2.20. The predicted molar refractivity (Wildman–Crippen MR) is 146 cm³/mol. The van der Waals surface area contributed by atoms with Crippen LogP contribution in [0.5, 0.6) is 5.75 Å². The van der Waals surface area contributed by atoms with E-state index < -0.39 is 0 Å². The first-order valence-corrected chi connectivity index (χ1v) is 12.1. The summed E-state index contributed by atoms with van der Waals surface area (Å²) < 4.78 is 5.38. The molecule has 1 aromatic carbocycles. The van der Waals surface area contributed by atoms with E-state index in [1.165, 1.54) is 51.4 Å². The molecule has 2 aliphatic heterocycles. The van der Waals surface area contributed by atoms with Crippen LogP contribution in [0.3, 0.4) is 0 Å². The Morgan fingerprint density at radius 1 is 0.969 bits per heavy atom. The van der Waals surface area contributed by atoms with Gasteiger partial charge in [0.25, 0.3) is 0 Å². The lowest BCUT2D eigenvalue weighted by molar-refractivity contribution is 0.136. The number of aliphatic imine (C=N–C) groups is 1. The number of piperazine rings is 2. The van der Waals surface area contributed by atoms with Gasteiger partial charge in [0.1, 0.15) is 5.75 Å². The first-order valence-electron chi connectivity index (χ1n) is 12.1. The summed E-state index contributed by atoms with van der Waals surface area (Å²) >= 11 is 0. The Kier molecular flexibility index (Phi) is 12.5. The molecule has 2 heterocycles. The Morgan fingerprint density at radius 2 is 1.69 bits per heavy atom. The fraction of sp³-hybridized carbons (Fsp3) is 0.708. The van der Waals surface area contributed by atoms with Crippen molar-refractivity contribution >= 4 is 35.6 Å². The third-order valence-corrected chi connectivity index (χ3v) is 6.39. The van der Waals surface area contributed by atoms with Gasteiger partial charge >= 0.3 is 0 Å². The van der Waals surface area contributed by atoms with Gasteiger partial charge in [-0.3, -0.25) is 4.99 Å². The lowest BCUT2D eigenvalue weighted by atomic mass is 10.2. The fourth-order valence-corrected chi connectivity index (χ4v) is 4.37. The Bertz CT molecular complexity index is 672. The fourth-order valence-electron chi connectivity index (χ4n) is 4.37. The predicted octanol–water partition coefficient (Wildman–Crippen LogP) is 2.82. The molecule has 2 aliphatic rings. The van der Waals surface area contributed by atoms with Gasteiger partial charge in [0, 0.05) is 77.2 Å². The first-order chi connectivity index (χ1) is 15.2. The monoisotopic (exact) mass is 558 g/mol. The number of unbranched alkanes of at least 4 members (excludes halogenated alkanes) is 1. The smallest absolute Gasteiger partial charge is 0.194 e. The second kappa shape index (κ2) is 14.8. The summed E-state index contributed by atoms with van der Waals surface area (Å²) in [5, 5.41) is 3.50. The molecule has 0 spiro atoms. The Morgan fingerprint density at radius 3 is 2.34 bits per heavy atom. The zero-order chi connectivity index (χ0) is 21.9. The zero-order valence-electron chi connectivity index (χ0n) is 20.3. The summed E-state index contributed by atoms with van der Waals surface area (Å²) in [5.41, 5.74) is 1.24. The maximum atomic E-state index is 5.38. The summed E-state index contributed by atoms with van der Waals surface area (Å²) in [5.74, 6) is 1.99. The van der Waals surface area contributed by atoms with Gasteiger partial charge in [-0.1, -0.05) is 13.0 Å². The van der Waals surface area contributed by atoms with Crippen molar-refractivity contribution in [1.29, 1.82) is 0 Å². The van der Waals surface area contributed by atoms with Crippen molar-refractivity contribution in [2.45, 2.75) is 26.7 Å². The Labute approximate surface area is 212 Å². The molecule has 0 atom stereocenters. The third-order valence-electron chi connectivity index (χ3n) is 6.39. The van der Waals surface area contributed by atoms with Crippen molar-refractivity contribution in [3.8, 4) is 5.75 Å². The molecule has 1 N–H and O–H groups in total. The van der Waals surface area contributed by atoms with Crippen molar-refractivity contribution in [1.82, 2.24) is 20.0 Å². The summed E-state index contributed by atoms with van der Waals surface area (Å²) in [4.78, 5) is 14.9. The van der Waals surface area contributed by atoms with Crippen LogP contribution < -0.4 is 15.0 Å². The second-order valence-electron chi connectivity index (χ2n) is 8.39. The van der Waals surface area contributed by atoms with E-state index in [1.807, 2.05) is 6.07 Å². The van der Waals surface area contributed by atoms with E-state index in [1.54, 1.807) is 7.11 Å². The molecule has 32 heavy (non-hydrogen) atoms. The maximum absolute atomic E-state index is 5.38. The molecule has 3 rings (SSSR count). The van der Waals surface area contributed by atoms with Crippen LogP contribution in [-0.4, -0.2) is 106 Å². The molecular formula is C24H43IN6O. The minimum atomic E-state index is 0. The number of hydrogen-bond acceptors (Lipinski definition) is 5. The van der Waals surface area contributed by atoms with E-state index in [9.17, 15) is 0 Å². The highest BCUT2D eigenvalue weighted by molar-refractivity contribution is 14.0. The van der Waals surface area contributed by atoms with Crippen LogP contribution in [0.25, 0.3) is 0 Å². The van der Waals surface area contributed by atoms with Crippen LogP contribution in [0.1, 0.15) is 26.7 Å². The number of halogens is 1. The van der Waals surface area contributed by atoms with Gasteiger partial charge in [-0.05, 0) is 45.0 Å². The van der Waals surface area contributed by atoms with Crippen LogP contribution in [-0.2, 0) is 0 Å². The van der Waals surface area contributed by atoms with Crippen molar-refractivity contribution in [2.75, 3.05) is 90.5 Å². The van der Waals surface area contributed by atoms with Crippen LogP contribution >= 0.6 is 24.0 Å². The molecule has 0 aliphatic carbocycles. The molecule has 182 valence electrons. The molecule has 0 saturated carbocycles. The number of likely N-dealkylation sites (N-methyl/N-ethyl adjacent to an activating group) is 1. The molecular weight excluding hydrogens is 515 g/mol. The van der Waals surface area contributed by atoms with Gasteiger partial charge < -0.3 is 29.7 Å². The summed E-state index contributed by atoms with van der Waals surface area (Å²) in [7, 11) is 1.72. The number of anilines is 1. The summed E-state index contributed by atoms with van der Waals surface area (Å²) in [6.07, 6.45) is 2.39. The molecule has 2 saturated heterocycles. The molecule has 1 aromatic rings. The number of nitrogens with one attached hydrogen (secondary N) is 1. The lowest BCUT2D eigenvalue weighted by Crippen LogP contribution is -2.52. The lowest BCUT2D eigenvalue weighted by Gasteiger charge is -2.37. The van der Waals surface area contributed by atoms with Crippen molar-refractivity contribution < 1.29 is 4.74 Å². The number of nitrogens with zero attached hydrogens (tertiary/aromatic N) is 5. The third kappa shape index (κ3) is 8.26. The van der Waals surface area contributed by atoms with E-state index in [-0.39, 0.29) is 24.0 Å². The van der Waals surface area contributed by atoms with Crippen LogP contribution in [0.4, 0.5) is 5.69 Å². The van der Waals surface area contributed by atoms with Gasteiger partial charge in [-0.2, -0.15) is 0 Å². The molecule has 0 bridgehead atoms. The number of hydrogen-bond donors (Lipinski definition) is 1. The normalized spacial score (nSPS) is 18.4. The van der Waals surface area contributed by atoms with E-state index in [4.69, 9.17) is 9.73 Å². The highest BCUT2D eigenvalue weighted by atomic mass is 127. The topological polar surface area (TPSA) is 46.6 Å². The van der Waals surface area contributed by atoms with Gasteiger partial charge in [-0.15, -0.1) is 24.0 Å². The molecule has 0 radical (unpaired) electrons. The van der Waals surface area contributed by atoms with Crippen LogP contribution in [0, 0.1) is 0 Å². The van der Waals surface area contributed by atoms with Gasteiger partial charge in [0.05, 0.1) is 7.11 Å².